The Kier molecular flexibility index (Phi) is 4.52. The predicted octanol–water partition coefficient (Wildman–Crippen LogP) is 1.17. The summed E-state index contributed by atoms with van der Waals surface area (Å²) in [5.74, 6) is 0.181. The van der Waals surface area contributed by atoms with Crippen molar-refractivity contribution in [3.05, 3.63) is 0 Å². The molecular weight excluding hydrogens is 146 g/mol. The van der Waals surface area contributed by atoms with E-state index in [9.17, 15) is 4.79 Å². The molecule has 0 aliphatic carbocycles. The van der Waals surface area contributed by atoms with E-state index in [2.05, 4.69) is 12.6 Å². The van der Waals surface area contributed by atoms with Gasteiger partial charge in [-0.25, -0.2) is 0 Å². The van der Waals surface area contributed by atoms with E-state index >= 15 is 0 Å². The van der Waals surface area contributed by atoms with Crippen molar-refractivity contribution < 1.29 is 4.79 Å². The van der Waals surface area contributed by atoms with Crippen molar-refractivity contribution in [2.24, 2.45) is 0 Å². The number of carbonyl (C=O) groups excluding carboxylic acids is 1. The molecule has 0 heterocycles. The Morgan fingerprint density at radius 2 is 2.10 bits per heavy atom. The molecule has 1 atom stereocenters. The topological polar surface area (TPSA) is 20.3 Å². The minimum Gasteiger partial charge on any atom is -0.349 e. The molecule has 0 rings (SSSR count). The fourth-order valence-electron chi connectivity index (χ4n) is 0.556. The van der Waals surface area contributed by atoms with Crippen molar-refractivity contribution in [2.45, 2.75) is 25.0 Å². The zero-order valence-corrected chi connectivity index (χ0v) is 7.69. The van der Waals surface area contributed by atoms with Crippen molar-refractivity contribution >= 4 is 18.5 Å². The normalized spacial score (nSPS) is 12.8. The standard InChI is InChI=1S/C7H15NOS/c1-6(10)4-5-7(9)8(2)3/h6,10H,4-5H2,1-3H3. The summed E-state index contributed by atoms with van der Waals surface area (Å²) in [5, 5.41) is 0.323. The zero-order valence-electron chi connectivity index (χ0n) is 6.79. The monoisotopic (exact) mass is 161 g/mol. The number of amides is 1. The van der Waals surface area contributed by atoms with Crippen LogP contribution in [0.25, 0.3) is 0 Å². The van der Waals surface area contributed by atoms with Crippen LogP contribution in [0.2, 0.25) is 0 Å². The lowest BCUT2D eigenvalue weighted by atomic mass is 10.2. The molecule has 10 heavy (non-hydrogen) atoms. The maximum Gasteiger partial charge on any atom is 0.222 e. The van der Waals surface area contributed by atoms with Crippen molar-refractivity contribution in [1.82, 2.24) is 4.90 Å². The van der Waals surface area contributed by atoms with E-state index in [1.165, 1.54) is 0 Å². The highest BCUT2D eigenvalue weighted by molar-refractivity contribution is 7.80. The second-order valence-corrected chi connectivity index (χ2v) is 3.56. The third-order valence-electron chi connectivity index (χ3n) is 1.27. The molecule has 0 saturated heterocycles. The highest BCUT2D eigenvalue weighted by Gasteiger charge is 2.04. The lowest BCUT2D eigenvalue weighted by Gasteiger charge is -2.10. The molecular formula is C7H15NOS. The van der Waals surface area contributed by atoms with Crippen LogP contribution >= 0.6 is 12.6 Å². The molecule has 0 aromatic carbocycles. The van der Waals surface area contributed by atoms with Crippen LogP contribution in [-0.2, 0) is 4.79 Å². The van der Waals surface area contributed by atoms with Gasteiger partial charge >= 0.3 is 0 Å². The lowest BCUT2D eigenvalue weighted by Crippen LogP contribution is -2.21. The minimum absolute atomic E-state index is 0.181. The number of nitrogens with zero attached hydrogens (tertiary/aromatic N) is 1. The minimum atomic E-state index is 0.181. The average molecular weight is 161 g/mol. The highest BCUT2D eigenvalue weighted by Crippen LogP contribution is 2.03. The van der Waals surface area contributed by atoms with Gasteiger partial charge in [-0.15, -0.1) is 0 Å². The molecule has 0 N–H and O–H groups in total. The first-order valence-electron chi connectivity index (χ1n) is 3.42. The molecule has 0 aliphatic heterocycles. The maximum atomic E-state index is 10.9. The molecule has 0 aliphatic rings. The Morgan fingerprint density at radius 3 is 2.40 bits per heavy atom. The van der Waals surface area contributed by atoms with Gasteiger partial charge in [0, 0.05) is 20.5 Å². The molecule has 1 unspecified atom stereocenters. The van der Waals surface area contributed by atoms with Crippen molar-refractivity contribution in [3.8, 4) is 0 Å². The molecule has 0 spiro atoms. The molecule has 0 aromatic heterocycles. The third-order valence-corrected chi connectivity index (χ3v) is 1.53. The van der Waals surface area contributed by atoms with E-state index in [-0.39, 0.29) is 5.91 Å². The van der Waals surface area contributed by atoms with Gasteiger partial charge in [0.25, 0.3) is 0 Å². The second kappa shape index (κ2) is 4.61. The number of hydrogen-bond acceptors (Lipinski definition) is 2. The predicted molar refractivity (Wildman–Crippen MR) is 46.4 cm³/mol. The molecule has 2 nitrogen and oxygen atoms in total. The van der Waals surface area contributed by atoms with E-state index in [4.69, 9.17) is 0 Å². The van der Waals surface area contributed by atoms with Crippen molar-refractivity contribution in [3.63, 3.8) is 0 Å². The molecule has 0 radical (unpaired) electrons. The third kappa shape index (κ3) is 4.68. The van der Waals surface area contributed by atoms with Crippen LogP contribution in [0.3, 0.4) is 0 Å². The van der Waals surface area contributed by atoms with Crippen LogP contribution in [0.5, 0.6) is 0 Å². The molecule has 60 valence electrons. The van der Waals surface area contributed by atoms with Crippen LogP contribution < -0.4 is 0 Å². The summed E-state index contributed by atoms with van der Waals surface area (Å²) in [6.07, 6.45) is 1.47. The fourth-order valence-corrected chi connectivity index (χ4v) is 0.685. The SMILES string of the molecule is CC(S)CCC(=O)N(C)C. The van der Waals surface area contributed by atoms with E-state index in [0.717, 1.165) is 6.42 Å². The molecule has 0 fully saturated rings. The summed E-state index contributed by atoms with van der Waals surface area (Å²) in [4.78, 5) is 12.5. The number of carbonyl (C=O) groups is 1. The highest BCUT2D eigenvalue weighted by atomic mass is 32.1. The number of thiol groups is 1. The summed E-state index contributed by atoms with van der Waals surface area (Å²) in [7, 11) is 3.54. The smallest absolute Gasteiger partial charge is 0.222 e. The van der Waals surface area contributed by atoms with Gasteiger partial charge in [-0.3, -0.25) is 4.79 Å². The Morgan fingerprint density at radius 1 is 1.60 bits per heavy atom. The Hall–Kier alpha value is -0.180. The van der Waals surface area contributed by atoms with E-state index in [1.807, 2.05) is 6.92 Å². The summed E-state index contributed by atoms with van der Waals surface area (Å²) >= 11 is 4.17. The van der Waals surface area contributed by atoms with Crippen LogP contribution in [0.15, 0.2) is 0 Å². The van der Waals surface area contributed by atoms with Gasteiger partial charge in [-0.1, -0.05) is 6.92 Å². The molecule has 3 heteroatoms. The number of rotatable bonds is 3. The summed E-state index contributed by atoms with van der Waals surface area (Å²) in [6, 6.07) is 0. The van der Waals surface area contributed by atoms with Crippen LogP contribution in [-0.4, -0.2) is 30.2 Å². The molecule has 0 saturated carbocycles. The molecule has 0 aromatic rings. The Labute approximate surface area is 68.0 Å². The first kappa shape index (κ1) is 9.82. The van der Waals surface area contributed by atoms with E-state index in [1.54, 1.807) is 19.0 Å². The van der Waals surface area contributed by atoms with Crippen LogP contribution in [0.1, 0.15) is 19.8 Å². The maximum absolute atomic E-state index is 10.9. The Balaban J connectivity index is 3.40. The van der Waals surface area contributed by atoms with Crippen molar-refractivity contribution in [2.75, 3.05) is 14.1 Å². The largest absolute Gasteiger partial charge is 0.349 e. The second-order valence-electron chi connectivity index (χ2n) is 2.68. The van der Waals surface area contributed by atoms with Gasteiger partial charge in [0.15, 0.2) is 0 Å². The van der Waals surface area contributed by atoms with E-state index in [0.29, 0.717) is 11.7 Å². The van der Waals surface area contributed by atoms with Crippen LogP contribution in [0, 0.1) is 0 Å². The van der Waals surface area contributed by atoms with Gasteiger partial charge in [0.05, 0.1) is 0 Å². The van der Waals surface area contributed by atoms with Gasteiger partial charge in [0.2, 0.25) is 5.91 Å². The van der Waals surface area contributed by atoms with Gasteiger partial charge in [-0.2, -0.15) is 12.6 Å². The zero-order chi connectivity index (χ0) is 8.15. The summed E-state index contributed by atoms with van der Waals surface area (Å²) in [5.41, 5.74) is 0. The van der Waals surface area contributed by atoms with Gasteiger partial charge in [-0.05, 0) is 11.7 Å². The van der Waals surface area contributed by atoms with Gasteiger partial charge in [0.1, 0.15) is 0 Å². The lowest BCUT2D eigenvalue weighted by molar-refractivity contribution is -0.128. The van der Waals surface area contributed by atoms with Crippen molar-refractivity contribution in [1.29, 1.82) is 0 Å². The average Bonchev–Trinajstić information content (AvgIpc) is 1.82. The quantitative estimate of drug-likeness (QED) is 0.616. The number of hydrogen-bond donors (Lipinski definition) is 1. The van der Waals surface area contributed by atoms with Gasteiger partial charge < -0.3 is 4.90 Å². The molecule has 0 bridgehead atoms. The Bertz CT molecular complexity index is 112. The fraction of sp³-hybridized carbons (Fsp3) is 0.857. The first-order valence-corrected chi connectivity index (χ1v) is 3.94. The van der Waals surface area contributed by atoms with Crippen LogP contribution in [0.4, 0.5) is 0 Å². The molecule has 1 amide bonds. The summed E-state index contributed by atoms with van der Waals surface area (Å²) in [6.45, 7) is 1.99. The summed E-state index contributed by atoms with van der Waals surface area (Å²) < 4.78 is 0. The van der Waals surface area contributed by atoms with E-state index < -0.39 is 0 Å². The first-order chi connectivity index (χ1) is 4.54.